The molecule has 1 heterocycles. The van der Waals surface area contributed by atoms with Gasteiger partial charge in [0.25, 0.3) is 0 Å². The van der Waals surface area contributed by atoms with Gasteiger partial charge in [-0.25, -0.2) is 4.79 Å². The first-order valence-corrected chi connectivity index (χ1v) is 6.14. The lowest BCUT2D eigenvalue weighted by atomic mass is 9.75. The summed E-state index contributed by atoms with van der Waals surface area (Å²) >= 11 is 0. The number of ether oxygens (including phenoxy) is 1. The highest BCUT2D eigenvalue weighted by Crippen LogP contribution is 2.34. The van der Waals surface area contributed by atoms with E-state index in [2.05, 4.69) is 0 Å². The Labute approximate surface area is 95.9 Å². The number of ketones is 1. The Hall–Kier alpha value is -1.06. The van der Waals surface area contributed by atoms with Crippen LogP contribution in [0.4, 0.5) is 4.79 Å². The molecule has 1 saturated heterocycles. The lowest BCUT2D eigenvalue weighted by Crippen LogP contribution is -2.46. The molecule has 2 atom stereocenters. The molecule has 0 aromatic heterocycles. The van der Waals surface area contributed by atoms with Gasteiger partial charge in [0.15, 0.2) is 0 Å². The van der Waals surface area contributed by atoms with Crippen molar-refractivity contribution in [2.45, 2.75) is 32.6 Å². The number of nitrogens with zero attached hydrogens (tertiary/aromatic N) is 1. The van der Waals surface area contributed by atoms with E-state index in [0.717, 1.165) is 25.8 Å². The number of carbonyl (C=O) groups excluding carboxylic acids is 2. The van der Waals surface area contributed by atoms with Gasteiger partial charge in [0, 0.05) is 25.9 Å². The van der Waals surface area contributed by atoms with Crippen LogP contribution in [0.15, 0.2) is 0 Å². The van der Waals surface area contributed by atoms with E-state index in [9.17, 15) is 9.59 Å². The first kappa shape index (κ1) is 11.4. The second-order valence-corrected chi connectivity index (χ2v) is 4.74. The van der Waals surface area contributed by atoms with E-state index >= 15 is 0 Å². The van der Waals surface area contributed by atoms with Crippen molar-refractivity contribution >= 4 is 11.9 Å². The summed E-state index contributed by atoms with van der Waals surface area (Å²) in [6.45, 7) is 3.72. The number of piperidine rings is 1. The Morgan fingerprint density at radius 1 is 1.44 bits per heavy atom. The van der Waals surface area contributed by atoms with E-state index in [-0.39, 0.29) is 6.09 Å². The first-order valence-electron chi connectivity index (χ1n) is 6.14. The molecule has 1 aliphatic heterocycles. The van der Waals surface area contributed by atoms with Crippen LogP contribution in [0.3, 0.4) is 0 Å². The molecule has 1 saturated carbocycles. The zero-order chi connectivity index (χ0) is 11.5. The molecule has 2 rings (SSSR count). The topological polar surface area (TPSA) is 46.6 Å². The van der Waals surface area contributed by atoms with E-state index in [1.165, 1.54) is 0 Å². The summed E-state index contributed by atoms with van der Waals surface area (Å²) in [5, 5.41) is 0. The summed E-state index contributed by atoms with van der Waals surface area (Å²) < 4.78 is 4.99. The molecule has 4 nitrogen and oxygen atoms in total. The minimum Gasteiger partial charge on any atom is -0.450 e. The molecule has 0 radical (unpaired) electrons. The molecule has 2 aliphatic rings. The van der Waals surface area contributed by atoms with Gasteiger partial charge < -0.3 is 9.64 Å². The largest absolute Gasteiger partial charge is 0.450 e. The predicted octanol–water partition coefficient (Wildman–Crippen LogP) is 1.83. The molecule has 1 amide bonds. The maximum Gasteiger partial charge on any atom is 0.409 e. The third-order valence-corrected chi connectivity index (χ3v) is 3.70. The average Bonchev–Trinajstić information content (AvgIpc) is 2.28. The molecule has 1 aliphatic carbocycles. The standard InChI is InChI=1S/C12H19NO3/c1-2-16-12(15)13-6-5-9-3-4-11(14)7-10(9)8-13/h9-10H,2-8H2,1H3/t9-,10+/m1/s1. The zero-order valence-electron chi connectivity index (χ0n) is 9.78. The molecule has 2 fully saturated rings. The minimum atomic E-state index is -0.223. The Morgan fingerprint density at radius 3 is 3.00 bits per heavy atom. The second-order valence-electron chi connectivity index (χ2n) is 4.74. The molecule has 0 N–H and O–H groups in total. The lowest BCUT2D eigenvalue weighted by Gasteiger charge is -2.40. The van der Waals surface area contributed by atoms with E-state index in [4.69, 9.17) is 4.74 Å². The fourth-order valence-electron chi connectivity index (χ4n) is 2.81. The van der Waals surface area contributed by atoms with Gasteiger partial charge in [-0.2, -0.15) is 0 Å². The molecular formula is C12H19NO3. The summed E-state index contributed by atoms with van der Waals surface area (Å²) in [6.07, 6.45) is 3.21. The Kier molecular flexibility index (Phi) is 3.46. The Morgan fingerprint density at radius 2 is 2.25 bits per heavy atom. The van der Waals surface area contributed by atoms with Crippen LogP contribution in [-0.2, 0) is 9.53 Å². The Balaban J connectivity index is 1.92. The van der Waals surface area contributed by atoms with Gasteiger partial charge in [-0.05, 0) is 31.6 Å². The van der Waals surface area contributed by atoms with Gasteiger partial charge in [0.1, 0.15) is 5.78 Å². The van der Waals surface area contributed by atoms with Crippen molar-refractivity contribution in [1.29, 1.82) is 0 Å². The number of carbonyl (C=O) groups is 2. The monoisotopic (exact) mass is 225 g/mol. The van der Waals surface area contributed by atoms with Gasteiger partial charge in [-0.3, -0.25) is 4.79 Å². The van der Waals surface area contributed by atoms with Crippen LogP contribution in [0.1, 0.15) is 32.6 Å². The summed E-state index contributed by atoms with van der Waals surface area (Å²) in [5.74, 6) is 1.37. The fraction of sp³-hybridized carbons (Fsp3) is 0.833. The SMILES string of the molecule is CCOC(=O)N1CC[C@H]2CCC(=O)C[C@H]2C1. The van der Waals surface area contributed by atoms with Crippen molar-refractivity contribution < 1.29 is 14.3 Å². The van der Waals surface area contributed by atoms with Gasteiger partial charge in [0.2, 0.25) is 0 Å². The molecule has 0 aromatic rings. The molecule has 0 spiro atoms. The molecule has 16 heavy (non-hydrogen) atoms. The van der Waals surface area contributed by atoms with Crippen molar-refractivity contribution in [1.82, 2.24) is 4.90 Å². The number of fused-ring (bicyclic) bond motifs is 1. The third kappa shape index (κ3) is 2.36. The molecule has 4 heteroatoms. The van der Waals surface area contributed by atoms with Crippen molar-refractivity contribution in [3.63, 3.8) is 0 Å². The summed E-state index contributed by atoms with van der Waals surface area (Å²) in [7, 11) is 0. The van der Waals surface area contributed by atoms with E-state index in [0.29, 0.717) is 37.2 Å². The van der Waals surface area contributed by atoms with Crippen molar-refractivity contribution in [2.24, 2.45) is 11.8 Å². The quantitative estimate of drug-likeness (QED) is 0.684. The van der Waals surface area contributed by atoms with E-state index < -0.39 is 0 Å². The number of rotatable bonds is 1. The number of hydrogen-bond donors (Lipinski definition) is 0. The highest BCUT2D eigenvalue weighted by Gasteiger charge is 2.35. The smallest absolute Gasteiger partial charge is 0.409 e. The van der Waals surface area contributed by atoms with Crippen molar-refractivity contribution in [2.75, 3.05) is 19.7 Å². The minimum absolute atomic E-state index is 0.223. The van der Waals surface area contributed by atoms with Crippen molar-refractivity contribution in [3.8, 4) is 0 Å². The van der Waals surface area contributed by atoms with Gasteiger partial charge >= 0.3 is 6.09 Å². The first-order chi connectivity index (χ1) is 7.70. The summed E-state index contributed by atoms with van der Waals surface area (Å²) in [5.41, 5.74) is 0. The molecule has 0 bridgehead atoms. The van der Waals surface area contributed by atoms with Crippen LogP contribution < -0.4 is 0 Å². The highest BCUT2D eigenvalue weighted by atomic mass is 16.6. The maximum absolute atomic E-state index is 11.6. The molecule has 0 unspecified atom stereocenters. The fourth-order valence-corrected chi connectivity index (χ4v) is 2.81. The van der Waals surface area contributed by atoms with E-state index in [1.54, 1.807) is 4.90 Å². The van der Waals surface area contributed by atoms with Crippen molar-refractivity contribution in [3.05, 3.63) is 0 Å². The van der Waals surface area contributed by atoms with Crippen LogP contribution in [-0.4, -0.2) is 36.5 Å². The van der Waals surface area contributed by atoms with Gasteiger partial charge in [-0.15, -0.1) is 0 Å². The number of likely N-dealkylation sites (tertiary alicyclic amines) is 1. The summed E-state index contributed by atoms with van der Waals surface area (Å²) in [4.78, 5) is 24.7. The lowest BCUT2D eigenvalue weighted by molar-refractivity contribution is -0.123. The second kappa shape index (κ2) is 4.85. The normalized spacial score (nSPS) is 29.8. The summed E-state index contributed by atoms with van der Waals surface area (Å²) in [6, 6.07) is 0. The number of hydrogen-bond acceptors (Lipinski definition) is 3. The zero-order valence-corrected chi connectivity index (χ0v) is 9.78. The van der Waals surface area contributed by atoms with Gasteiger partial charge in [-0.1, -0.05) is 0 Å². The Bertz CT molecular complexity index is 290. The molecular weight excluding hydrogens is 206 g/mol. The average molecular weight is 225 g/mol. The van der Waals surface area contributed by atoms with Crippen LogP contribution in [0.5, 0.6) is 0 Å². The highest BCUT2D eigenvalue weighted by molar-refractivity contribution is 5.79. The van der Waals surface area contributed by atoms with Crippen LogP contribution in [0, 0.1) is 11.8 Å². The molecule has 90 valence electrons. The third-order valence-electron chi connectivity index (χ3n) is 3.70. The number of Topliss-reactive ketones (excluding diaryl/α,β-unsaturated/α-hetero) is 1. The molecule has 0 aromatic carbocycles. The predicted molar refractivity (Wildman–Crippen MR) is 59.1 cm³/mol. The number of amides is 1. The van der Waals surface area contributed by atoms with Crippen LogP contribution >= 0.6 is 0 Å². The van der Waals surface area contributed by atoms with Gasteiger partial charge in [0.05, 0.1) is 6.61 Å². The van der Waals surface area contributed by atoms with Crippen LogP contribution in [0.2, 0.25) is 0 Å². The maximum atomic E-state index is 11.6. The van der Waals surface area contributed by atoms with E-state index in [1.807, 2.05) is 6.92 Å². The van der Waals surface area contributed by atoms with Crippen LogP contribution in [0.25, 0.3) is 0 Å².